The summed E-state index contributed by atoms with van der Waals surface area (Å²) in [5, 5.41) is 0. The number of carbonyl (C=O) groups excluding carboxylic acids is 1. The van der Waals surface area contributed by atoms with Crippen molar-refractivity contribution in [2.24, 2.45) is 5.41 Å². The van der Waals surface area contributed by atoms with Gasteiger partial charge in [0, 0.05) is 11.5 Å². The molecule has 0 spiro atoms. The van der Waals surface area contributed by atoms with Crippen LogP contribution in [-0.4, -0.2) is 12.7 Å². The quantitative estimate of drug-likeness (QED) is 0.714. The lowest BCUT2D eigenvalue weighted by Crippen LogP contribution is -2.24. The highest BCUT2D eigenvalue weighted by atomic mass is 19.3. The van der Waals surface area contributed by atoms with Crippen LogP contribution in [0.3, 0.4) is 0 Å². The van der Waals surface area contributed by atoms with Crippen molar-refractivity contribution in [3.05, 3.63) is 35.4 Å². The Hall–Kier alpha value is -1.25. The van der Waals surface area contributed by atoms with Gasteiger partial charge in [-0.2, -0.15) is 0 Å². The molecule has 0 amide bonds. The van der Waals surface area contributed by atoms with Crippen molar-refractivity contribution < 1.29 is 13.6 Å². The third-order valence-corrected chi connectivity index (χ3v) is 2.62. The van der Waals surface area contributed by atoms with Gasteiger partial charge < -0.3 is 0 Å². The van der Waals surface area contributed by atoms with Crippen LogP contribution in [0.15, 0.2) is 24.3 Å². The molecule has 0 radical (unpaired) electrons. The molecule has 0 fully saturated rings. The number of rotatable bonds is 3. The zero-order valence-electron chi connectivity index (χ0n) is 9.71. The van der Waals surface area contributed by atoms with E-state index in [1.165, 1.54) is 0 Å². The molecule has 0 bridgehead atoms. The minimum Gasteiger partial charge on any atom is -0.298 e. The van der Waals surface area contributed by atoms with Crippen molar-refractivity contribution in [2.45, 2.75) is 33.1 Å². The van der Waals surface area contributed by atoms with E-state index in [4.69, 9.17) is 0 Å². The second kappa shape index (κ2) is 4.73. The van der Waals surface area contributed by atoms with Crippen LogP contribution in [-0.2, 0) is 0 Å². The largest absolute Gasteiger partial charge is 0.298 e. The summed E-state index contributed by atoms with van der Waals surface area (Å²) in [6.45, 7) is 5.37. The van der Waals surface area contributed by atoms with Gasteiger partial charge in [-0.1, -0.05) is 45.0 Å². The maximum absolute atomic E-state index is 13.0. The van der Waals surface area contributed by atoms with Crippen molar-refractivity contribution in [3.63, 3.8) is 0 Å². The molecule has 0 aliphatic rings. The Kier molecular flexibility index (Phi) is 3.79. The SMILES string of the molecule is CC(C)(C)C(c1ccc(C=O)cc1)C(F)F. The van der Waals surface area contributed by atoms with Crippen LogP contribution < -0.4 is 0 Å². The summed E-state index contributed by atoms with van der Waals surface area (Å²) in [4.78, 5) is 10.5. The van der Waals surface area contributed by atoms with Gasteiger partial charge in [-0.05, 0) is 11.0 Å². The lowest BCUT2D eigenvalue weighted by Gasteiger charge is -2.30. The van der Waals surface area contributed by atoms with Crippen LogP contribution in [0, 0.1) is 5.41 Å². The minimum atomic E-state index is -2.40. The molecular formula is C13H16F2O. The van der Waals surface area contributed by atoms with Gasteiger partial charge in [-0.15, -0.1) is 0 Å². The fourth-order valence-electron chi connectivity index (χ4n) is 1.81. The summed E-state index contributed by atoms with van der Waals surface area (Å²) in [5.41, 5.74) is 0.579. The lowest BCUT2D eigenvalue weighted by atomic mass is 9.76. The van der Waals surface area contributed by atoms with Gasteiger partial charge in [-0.25, -0.2) is 8.78 Å². The highest BCUT2D eigenvalue weighted by molar-refractivity contribution is 5.74. The van der Waals surface area contributed by atoms with Crippen LogP contribution >= 0.6 is 0 Å². The molecule has 1 unspecified atom stereocenters. The van der Waals surface area contributed by atoms with E-state index in [0.29, 0.717) is 17.4 Å². The topological polar surface area (TPSA) is 17.1 Å². The Bertz CT molecular complexity index is 349. The van der Waals surface area contributed by atoms with E-state index >= 15 is 0 Å². The molecule has 1 nitrogen and oxygen atoms in total. The molecule has 3 heteroatoms. The van der Waals surface area contributed by atoms with Gasteiger partial charge in [0.2, 0.25) is 6.43 Å². The van der Waals surface area contributed by atoms with Gasteiger partial charge in [0.15, 0.2) is 0 Å². The number of halogens is 2. The summed E-state index contributed by atoms with van der Waals surface area (Å²) in [6.07, 6.45) is -1.69. The highest BCUT2D eigenvalue weighted by Crippen LogP contribution is 2.39. The molecule has 0 aromatic heterocycles. The maximum atomic E-state index is 13.0. The van der Waals surface area contributed by atoms with Crippen molar-refractivity contribution in [1.29, 1.82) is 0 Å². The zero-order chi connectivity index (χ0) is 12.3. The van der Waals surface area contributed by atoms with Crippen LogP contribution in [0.1, 0.15) is 42.6 Å². The first-order chi connectivity index (χ1) is 7.36. The van der Waals surface area contributed by atoms with E-state index in [9.17, 15) is 13.6 Å². The van der Waals surface area contributed by atoms with Gasteiger partial charge in [0.25, 0.3) is 0 Å². The van der Waals surface area contributed by atoms with Crippen LogP contribution in [0.4, 0.5) is 8.78 Å². The standard InChI is InChI=1S/C13H16F2O/c1-13(2,3)11(12(14)15)10-6-4-9(8-16)5-7-10/h4-8,11-12H,1-3H3. The van der Waals surface area contributed by atoms with Crippen molar-refractivity contribution in [2.75, 3.05) is 0 Å². The molecule has 16 heavy (non-hydrogen) atoms. The predicted octanol–water partition coefficient (Wildman–Crippen LogP) is 3.89. The molecule has 0 saturated carbocycles. The van der Waals surface area contributed by atoms with E-state index in [2.05, 4.69) is 0 Å². The van der Waals surface area contributed by atoms with Crippen LogP contribution in [0.5, 0.6) is 0 Å². The number of aldehydes is 1. The molecule has 0 saturated heterocycles. The average Bonchev–Trinajstić information content (AvgIpc) is 2.16. The Balaban J connectivity index is 3.07. The number of hydrogen-bond donors (Lipinski definition) is 0. The third kappa shape index (κ3) is 2.87. The third-order valence-electron chi connectivity index (χ3n) is 2.62. The van der Waals surface area contributed by atoms with Crippen LogP contribution in [0.2, 0.25) is 0 Å². The second-order valence-corrected chi connectivity index (χ2v) is 4.96. The van der Waals surface area contributed by atoms with Gasteiger partial charge in [-0.3, -0.25) is 4.79 Å². The second-order valence-electron chi connectivity index (χ2n) is 4.96. The molecule has 1 rings (SSSR count). The molecule has 1 aromatic rings. The number of carbonyl (C=O) groups is 1. The maximum Gasteiger partial charge on any atom is 0.245 e. The first-order valence-electron chi connectivity index (χ1n) is 5.19. The van der Waals surface area contributed by atoms with Crippen molar-refractivity contribution >= 4 is 6.29 Å². The Morgan fingerprint density at radius 3 is 1.94 bits per heavy atom. The normalized spacial score (nSPS) is 13.9. The zero-order valence-corrected chi connectivity index (χ0v) is 9.71. The minimum absolute atomic E-state index is 0.503. The fraction of sp³-hybridized carbons (Fsp3) is 0.462. The molecule has 0 N–H and O–H groups in total. The smallest absolute Gasteiger partial charge is 0.245 e. The molecule has 0 aliphatic heterocycles. The number of hydrogen-bond acceptors (Lipinski definition) is 1. The van der Waals surface area contributed by atoms with Crippen molar-refractivity contribution in [3.8, 4) is 0 Å². The average molecular weight is 226 g/mol. The molecule has 0 aliphatic carbocycles. The summed E-state index contributed by atoms with van der Waals surface area (Å²) in [5.74, 6) is -0.812. The lowest BCUT2D eigenvalue weighted by molar-refractivity contribution is 0.0623. The molecule has 0 heterocycles. The van der Waals surface area contributed by atoms with Gasteiger partial charge in [0.05, 0.1) is 0 Å². The predicted molar refractivity (Wildman–Crippen MR) is 60.0 cm³/mol. The Morgan fingerprint density at radius 1 is 1.12 bits per heavy atom. The Morgan fingerprint density at radius 2 is 1.62 bits per heavy atom. The number of alkyl halides is 2. The first-order valence-corrected chi connectivity index (χ1v) is 5.19. The molecule has 88 valence electrons. The molecule has 1 aromatic carbocycles. The van der Waals surface area contributed by atoms with E-state index < -0.39 is 17.8 Å². The number of benzene rings is 1. The monoisotopic (exact) mass is 226 g/mol. The Labute approximate surface area is 94.5 Å². The van der Waals surface area contributed by atoms with Crippen LogP contribution in [0.25, 0.3) is 0 Å². The summed E-state index contributed by atoms with van der Waals surface area (Å²) >= 11 is 0. The first kappa shape index (κ1) is 12.8. The van der Waals surface area contributed by atoms with E-state index in [1.807, 2.05) is 0 Å². The van der Waals surface area contributed by atoms with E-state index in [0.717, 1.165) is 0 Å². The van der Waals surface area contributed by atoms with E-state index in [1.54, 1.807) is 45.0 Å². The molecular weight excluding hydrogens is 210 g/mol. The van der Waals surface area contributed by atoms with Gasteiger partial charge >= 0.3 is 0 Å². The van der Waals surface area contributed by atoms with Crippen molar-refractivity contribution in [1.82, 2.24) is 0 Å². The fourth-order valence-corrected chi connectivity index (χ4v) is 1.81. The van der Waals surface area contributed by atoms with Gasteiger partial charge in [0.1, 0.15) is 6.29 Å². The van der Waals surface area contributed by atoms with E-state index in [-0.39, 0.29) is 0 Å². The molecule has 1 atom stereocenters. The summed E-state index contributed by atoms with van der Waals surface area (Å²) in [6, 6.07) is 6.35. The summed E-state index contributed by atoms with van der Waals surface area (Å²) < 4.78 is 26.0. The highest BCUT2D eigenvalue weighted by Gasteiger charge is 2.33. The summed E-state index contributed by atoms with van der Waals surface area (Å²) in [7, 11) is 0.